The highest BCUT2D eigenvalue weighted by Crippen LogP contribution is 2.22. The van der Waals surface area contributed by atoms with Crippen molar-refractivity contribution in [3.63, 3.8) is 0 Å². The second kappa shape index (κ2) is 5.31. The smallest absolute Gasteiger partial charge is 0.290 e. The summed E-state index contributed by atoms with van der Waals surface area (Å²) in [7, 11) is 5.44. The first-order chi connectivity index (χ1) is 7.56. The Morgan fingerprint density at radius 2 is 2.31 bits per heavy atom. The Morgan fingerprint density at radius 1 is 1.62 bits per heavy atom. The molecule has 0 N–H and O–H groups in total. The monoisotopic (exact) mass is 220 g/mol. The first-order valence-corrected chi connectivity index (χ1v) is 5.15. The van der Waals surface area contributed by atoms with Crippen LogP contribution in [0.4, 0.5) is 0 Å². The van der Waals surface area contributed by atoms with Crippen molar-refractivity contribution in [3.05, 3.63) is 11.3 Å². The van der Waals surface area contributed by atoms with Gasteiger partial charge < -0.3 is 9.80 Å². The lowest BCUT2D eigenvalue weighted by molar-refractivity contribution is -0.114. The number of rotatable bonds is 2. The molecule has 0 radical (unpaired) electrons. The van der Waals surface area contributed by atoms with Gasteiger partial charge in [-0.15, -0.1) is 0 Å². The maximum absolute atomic E-state index is 11.7. The van der Waals surface area contributed by atoms with Gasteiger partial charge in [-0.05, 0) is 12.8 Å². The van der Waals surface area contributed by atoms with Crippen molar-refractivity contribution in [2.75, 3.05) is 27.7 Å². The summed E-state index contributed by atoms with van der Waals surface area (Å²) in [5.41, 5.74) is 0.974. The first-order valence-electron chi connectivity index (χ1n) is 5.15. The molecule has 0 aromatic heterocycles. The molecule has 0 aromatic rings. The lowest BCUT2D eigenvalue weighted by Crippen LogP contribution is -2.16. The number of hydrogen-bond donors (Lipinski definition) is 0. The average molecular weight is 220 g/mol. The molecule has 1 fully saturated rings. The van der Waals surface area contributed by atoms with E-state index < -0.39 is 5.91 Å². The number of amides is 1. The van der Waals surface area contributed by atoms with Crippen molar-refractivity contribution in [1.29, 1.82) is 5.26 Å². The van der Waals surface area contributed by atoms with Gasteiger partial charge >= 0.3 is 0 Å². The van der Waals surface area contributed by atoms with Crippen LogP contribution in [0.15, 0.2) is 16.3 Å². The number of hydrogen-bond acceptors (Lipinski definition) is 3. The molecule has 16 heavy (non-hydrogen) atoms. The fraction of sp³-hybridized carbons (Fsp3) is 0.545. The molecular weight excluding hydrogens is 204 g/mol. The van der Waals surface area contributed by atoms with Gasteiger partial charge in [0.15, 0.2) is 0 Å². The molecular formula is C11H16N4O. The third-order valence-electron chi connectivity index (χ3n) is 2.39. The average Bonchev–Trinajstić information content (AvgIpc) is 2.63. The van der Waals surface area contributed by atoms with Crippen LogP contribution in [0.3, 0.4) is 0 Å². The van der Waals surface area contributed by atoms with Crippen molar-refractivity contribution in [2.45, 2.75) is 12.8 Å². The lowest BCUT2D eigenvalue weighted by Gasteiger charge is -2.13. The van der Waals surface area contributed by atoms with Crippen LogP contribution >= 0.6 is 0 Å². The number of carbonyl (C=O) groups is 1. The Morgan fingerprint density at radius 3 is 2.75 bits per heavy atom. The number of likely N-dealkylation sites (tertiary alicyclic amines) is 1. The molecule has 86 valence electrons. The molecule has 1 heterocycles. The quantitative estimate of drug-likeness (QED) is 0.296. The van der Waals surface area contributed by atoms with Crippen molar-refractivity contribution in [1.82, 2.24) is 9.80 Å². The largest absolute Gasteiger partial charge is 0.377 e. The van der Waals surface area contributed by atoms with Gasteiger partial charge in [-0.3, -0.25) is 4.79 Å². The Labute approximate surface area is 95.7 Å². The third kappa shape index (κ3) is 2.83. The molecule has 1 aliphatic rings. The van der Waals surface area contributed by atoms with Crippen molar-refractivity contribution in [3.8, 4) is 6.07 Å². The number of carbonyl (C=O) groups excluding carboxylic acids is 1. The molecule has 1 rings (SSSR count). The molecule has 5 nitrogen and oxygen atoms in total. The van der Waals surface area contributed by atoms with E-state index in [1.165, 1.54) is 6.34 Å². The van der Waals surface area contributed by atoms with Crippen LogP contribution in [0.2, 0.25) is 0 Å². The molecule has 0 atom stereocenters. The van der Waals surface area contributed by atoms with E-state index in [1.807, 2.05) is 18.0 Å². The van der Waals surface area contributed by atoms with Crippen molar-refractivity contribution >= 4 is 12.2 Å². The van der Waals surface area contributed by atoms with E-state index in [9.17, 15) is 4.79 Å². The zero-order valence-corrected chi connectivity index (χ0v) is 9.90. The minimum atomic E-state index is -0.458. The zero-order chi connectivity index (χ0) is 12.1. The van der Waals surface area contributed by atoms with Crippen LogP contribution < -0.4 is 0 Å². The van der Waals surface area contributed by atoms with Gasteiger partial charge in [-0.25, -0.2) is 0 Å². The lowest BCUT2D eigenvalue weighted by atomic mass is 10.1. The second-order valence-corrected chi connectivity index (χ2v) is 3.97. The molecule has 0 unspecified atom stereocenters. The van der Waals surface area contributed by atoms with Gasteiger partial charge in [0.25, 0.3) is 5.91 Å². The highest BCUT2D eigenvalue weighted by molar-refractivity contribution is 6.01. The van der Waals surface area contributed by atoms with E-state index in [4.69, 9.17) is 5.26 Å². The summed E-state index contributed by atoms with van der Waals surface area (Å²) < 4.78 is 0. The van der Waals surface area contributed by atoms with Gasteiger partial charge in [0.2, 0.25) is 0 Å². The first kappa shape index (κ1) is 12.2. The second-order valence-electron chi connectivity index (χ2n) is 3.97. The van der Waals surface area contributed by atoms with Crippen LogP contribution in [0.25, 0.3) is 0 Å². The van der Waals surface area contributed by atoms with Crippen LogP contribution in [-0.4, -0.2) is 49.7 Å². The highest BCUT2D eigenvalue weighted by atomic mass is 16.1. The van der Waals surface area contributed by atoms with E-state index in [0.717, 1.165) is 25.1 Å². The maximum Gasteiger partial charge on any atom is 0.290 e. The minimum Gasteiger partial charge on any atom is -0.377 e. The van der Waals surface area contributed by atoms with Gasteiger partial charge in [0.1, 0.15) is 11.6 Å². The van der Waals surface area contributed by atoms with Gasteiger partial charge in [0, 0.05) is 33.4 Å². The predicted molar refractivity (Wildman–Crippen MR) is 61.7 cm³/mol. The predicted octanol–water partition coefficient (Wildman–Crippen LogP) is 0.606. The van der Waals surface area contributed by atoms with Crippen LogP contribution in [0, 0.1) is 11.3 Å². The summed E-state index contributed by atoms with van der Waals surface area (Å²) in [6, 6.07) is 1.95. The van der Waals surface area contributed by atoms with Crippen molar-refractivity contribution in [2.24, 2.45) is 4.99 Å². The summed E-state index contributed by atoms with van der Waals surface area (Å²) >= 11 is 0. The fourth-order valence-electron chi connectivity index (χ4n) is 1.59. The Balaban J connectivity index is 2.91. The van der Waals surface area contributed by atoms with Crippen LogP contribution in [0.5, 0.6) is 0 Å². The minimum absolute atomic E-state index is 0.165. The number of nitriles is 1. The highest BCUT2D eigenvalue weighted by Gasteiger charge is 2.21. The van der Waals surface area contributed by atoms with Crippen LogP contribution in [0.1, 0.15) is 12.8 Å². The van der Waals surface area contributed by atoms with E-state index in [1.54, 1.807) is 19.0 Å². The Kier molecular flexibility index (Phi) is 4.06. The standard InChI is InChI=1S/C11H16N4O/c1-14(2)8-13-11(16)9(7-12)10-5-4-6-15(10)3/h8H,4-6H2,1-3H3/b10-9+,13-8?. The van der Waals surface area contributed by atoms with E-state index in [-0.39, 0.29) is 5.57 Å². The van der Waals surface area contributed by atoms with Crippen LogP contribution in [-0.2, 0) is 4.79 Å². The third-order valence-corrected chi connectivity index (χ3v) is 2.39. The molecule has 0 aliphatic carbocycles. The summed E-state index contributed by atoms with van der Waals surface area (Å²) in [5, 5.41) is 9.00. The van der Waals surface area contributed by atoms with E-state index in [2.05, 4.69) is 4.99 Å². The molecule has 5 heteroatoms. The van der Waals surface area contributed by atoms with E-state index in [0.29, 0.717) is 0 Å². The summed E-state index contributed by atoms with van der Waals surface area (Å²) in [4.78, 5) is 19.0. The number of nitrogens with zero attached hydrogens (tertiary/aromatic N) is 4. The summed E-state index contributed by atoms with van der Waals surface area (Å²) in [6.07, 6.45) is 3.18. The zero-order valence-electron chi connectivity index (χ0n) is 9.90. The normalized spacial score (nSPS) is 18.8. The summed E-state index contributed by atoms with van der Waals surface area (Å²) in [5.74, 6) is -0.458. The Hall–Kier alpha value is -1.83. The molecule has 1 saturated heterocycles. The number of aliphatic imine (C=N–C) groups is 1. The SMILES string of the molecule is CN(C)C=NC(=O)/C(C#N)=C1\CCCN1C. The van der Waals surface area contributed by atoms with E-state index >= 15 is 0 Å². The molecule has 0 spiro atoms. The fourth-order valence-corrected chi connectivity index (χ4v) is 1.59. The molecule has 0 bridgehead atoms. The number of allylic oxidation sites excluding steroid dienone is 1. The molecule has 0 aromatic carbocycles. The topological polar surface area (TPSA) is 59.7 Å². The molecule has 1 aliphatic heterocycles. The Bertz CT molecular complexity index is 376. The maximum atomic E-state index is 11.7. The van der Waals surface area contributed by atoms with Gasteiger partial charge in [0.05, 0.1) is 6.34 Å². The molecule has 1 amide bonds. The summed E-state index contributed by atoms with van der Waals surface area (Å²) in [6.45, 7) is 0.894. The van der Waals surface area contributed by atoms with Crippen molar-refractivity contribution < 1.29 is 4.79 Å². The molecule has 0 saturated carbocycles. The van der Waals surface area contributed by atoms with Gasteiger partial charge in [-0.1, -0.05) is 0 Å². The van der Waals surface area contributed by atoms with Gasteiger partial charge in [-0.2, -0.15) is 10.3 Å².